The monoisotopic (exact) mass is 175 g/mol. The molecule has 0 aliphatic carbocycles. The minimum absolute atomic E-state index is 0.421. The highest BCUT2D eigenvalue weighted by Crippen LogP contribution is 2.08. The van der Waals surface area contributed by atoms with Crippen LogP contribution in [0.1, 0.15) is 20.3 Å². The zero-order valence-electron chi connectivity index (χ0n) is 8.40. The van der Waals surface area contributed by atoms with Crippen molar-refractivity contribution in [3.05, 3.63) is 0 Å². The third-order valence-electron chi connectivity index (χ3n) is 1.70. The van der Waals surface area contributed by atoms with Gasteiger partial charge in [-0.25, -0.2) is 0 Å². The summed E-state index contributed by atoms with van der Waals surface area (Å²) in [6, 6.07) is 0. The fourth-order valence-corrected chi connectivity index (χ4v) is 3.29. The van der Waals surface area contributed by atoms with Crippen LogP contribution in [0.25, 0.3) is 0 Å². The van der Waals surface area contributed by atoms with Gasteiger partial charge in [-0.3, -0.25) is 0 Å². The molecule has 0 aromatic rings. The third-order valence-corrected chi connectivity index (χ3v) is 3.94. The van der Waals surface area contributed by atoms with Crippen molar-refractivity contribution in [1.29, 1.82) is 0 Å². The first kappa shape index (κ1) is 11.1. The number of hydrogen-bond donors (Lipinski definition) is 1. The maximum Gasteiger partial charge on any atom is 0.200 e. The van der Waals surface area contributed by atoms with Crippen LogP contribution in [0.5, 0.6) is 0 Å². The summed E-state index contributed by atoms with van der Waals surface area (Å²) in [7, 11) is 0.582. The van der Waals surface area contributed by atoms with Crippen molar-refractivity contribution in [2.75, 3.05) is 13.2 Å². The van der Waals surface area contributed by atoms with Crippen LogP contribution in [0.4, 0.5) is 0 Å². The van der Waals surface area contributed by atoms with E-state index in [1.54, 1.807) is 0 Å². The van der Waals surface area contributed by atoms with Gasteiger partial charge in [-0.05, 0) is 33.5 Å². The molecule has 0 spiro atoms. The molecule has 1 unspecified atom stereocenters. The van der Waals surface area contributed by atoms with E-state index in [9.17, 15) is 0 Å². The van der Waals surface area contributed by atoms with Gasteiger partial charge < -0.3 is 9.74 Å². The van der Waals surface area contributed by atoms with Gasteiger partial charge in [0, 0.05) is 12.3 Å². The van der Waals surface area contributed by atoms with Crippen LogP contribution in [0.2, 0.25) is 13.1 Å². The fourth-order valence-electron chi connectivity index (χ4n) is 1.10. The Morgan fingerprint density at radius 3 is 2.36 bits per heavy atom. The molecule has 1 atom stereocenters. The number of rotatable bonds is 5. The van der Waals surface area contributed by atoms with E-state index in [0.717, 1.165) is 12.6 Å². The molecule has 2 nitrogen and oxygen atoms in total. The summed E-state index contributed by atoms with van der Waals surface area (Å²) >= 11 is 0. The van der Waals surface area contributed by atoms with Gasteiger partial charge >= 0.3 is 0 Å². The van der Waals surface area contributed by atoms with E-state index in [1.165, 1.54) is 0 Å². The van der Waals surface area contributed by atoms with E-state index in [-0.39, 0.29) is 0 Å². The Hall–Kier alpha value is 0.137. The normalized spacial score (nSPS) is 15.0. The Morgan fingerprint density at radius 2 is 2.00 bits per heavy atom. The summed E-state index contributed by atoms with van der Waals surface area (Å²) in [6.07, 6.45) is 2.57. The Bertz CT molecular complexity index is 106. The van der Waals surface area contributed by atoms with Gasteiger partial charge in [0.2, 0.25) is 8.32 Å². The van der Waals surface area contributed by atoms with Crippen LogP contribution in [0.15, 0.2) is 0 Å². The fraction of sp³-hybridized carbons (Fsp3) is 1.00. The summed E-state index contributed by atoms with van der Waals surface area (Å²) in [5.41, 5.74) is 0. The van der Waals surface area contributed by atoms with Gasteiger partial charge in [0.05, 0.1) is 0 Å². The molecule has 0 fully saturated rings. The maximum absolute atomic E-state index is 5.90. The molecule has 68 valence electrons. The van der Waals surface area contributed by atoms with Crippen molar-refractivity contribution in [3.63, 3.8) is 0 Å². The first-order valence-electron chi connectivity index (χ1n) is 4.34. The second kappa shape index (κ2) is 4.90. The van der Waals surface area contributed by atoms with Crippen molar-refractivity contribution in [3.8, 4) is 0 Å². The molecular formula is C8H21NOSi. The maximum atomic E-state index is 5.90. The summed E-state index contributed by atoms with van der Waals surface area (Å²) in [4.78, 5) is 0. The summed E-state index contributed by atoms with van der Waals surface area (Å²) in [5.74, 6) is 0. The second-order valence-electron chi connectivity index (χ2n) is 3.63. The van der Waals surface area contributed by atoms with Crippen molar-refractivity contribution in [1.82, 2.24) is 5.32 Å². The SMILES string of the molecule is CCC(C)O[Si](C)(C)CNC. The lowest BCUT2D eigenvalue weighted by Gasteiger charge is -2.26. The first-order chi connectivity index (χ1) is 5.02. The lowest BCUT2D eigenvalue weighted by atomic mass is 10.3. The molecule has 0 aliphatic heterocycles. The summed E-state index contributed by atoms with van der Waals surface area (Å²) in [6.45, 7) is 8.80. The topological polar surface area (TPSA) is 21.3 Å². The molecule has 0 aliphatic rings. The van der Waals surface area contributed by atoms with Crippen LogP contribution in [0, 0.1) is 0 Å². The molecule has 0 radical (unpaired) electrons. The molecule has 1 N–H and O–H groups in total. The van der Waals surface area contributed by atoms with Crippen molar-refractivity contribution >= 4 is 8.32 Å². The summed E-state index contributed by atoms with van der Waals surface area (Å²) in [5, 5.41) is 3.17. The lowest BCUT2D eigenvalue weighted by molar-refractivity contribution is 0.206. The largest absolute Gasteiger partial charge is 0.413 e. The van der Waals surface area contributed by atoms with Gasteiger partial charge in [0.15, 0.2) is 0 Å². The summed E-state index contributed by atoms with van der Waals surface area (Å²) < 4.78 is 5.90. The minimum atomic E-state index is -1.40. The van der Waals surface area contributed by atoms with Crippen molar-refractivity contribution in [2.24, 2.45) is 0 Å². The molecule has 0 amide bonds. The Labute approximate surface area is 71.5 Å². The zero-order chi connectivity index (χ0) is 8.91. The van der Waals surface area contributed by atoms with E-state index >= 15 is 0 Å². The third kappa shape index (κ3) is 5.41. The van der Waals surface area contributed by atoms with Crippen LogP contribution in [-0.4, -0.2) is 27.6 Å². The quantitative estimate of drug-likeness (QED) is 0.643. The Kier molecular flexibility index (Phi) is 4.96. The van der Waals surface area contributed by atoms with E-state index < -0.39 is 8.32 Å². The van der Waals surface area contributed by atoms with Crippen molar-refractivity contribution < 1.29 is 4.43 Å². The van der Waals surface area contributed by atoms with Crippen LogP contribution >= 0.6 is 0 Å². The zero-order valence-corrected chi connectivity index (χ0v) is 9.40. The molecule has 0 heterocycles. The molecule has 11 heavy (non-hydrogen) atoms. The highest BCUT2D eigenvalue weighted by molar-refractivity contribution is 6.71. The van der Waals surface area contributed by atoms with E-state index in [0.29, 0.717) is 6.10 Å². The predicted molar refractivity (Wildman–Crippen MR) is 52.2 cm³/mol. The standard InChI is InChI=1S/C8H21NOSi/c1-6-8(2)10-11(4,5)7-9-3/h8-9H,6-7H2,1-5H3. The van der Waals surface area contributed by atoms with Crippen molar-refractivity contribution in [2.45, 2.75) is 39.5 Å². The van der Waals surface area contributed by atoms with E-state index in [1.807, 2.05) is 7.05 Å². The highest BCUT2D eigenvalue weighted by Gasteiger charge is 2.23. The van der Waals surface area contributed by atoms with Gasteiger partial charge in [0.25, 0.3) is 0 Å². The average Bonchev–Trinajstić information content (AvgIpc) is 1.86. The van der Waals surface area contributed by atoms with Crippen LogP contribution in [-0.2, 0) is 4.43 Å². The number of nitrogens with one attached hydrogen (secondary N) is 1. The molecule has 0 rings (SSSR count). The van der Waals surface area contributed by atoms with Crippen LogP contribution < -0.4 is 5.32 Å². The lowest BCUT2D eigenvalue weighted by Crippen LogP contribution is -2.43. The minimum Gasteiger partial charge on any atom is -0.413 e. The highest BCUT2D eigenvalue weighted by atomic mass is 28.4. The van der Waals surface area contributed by atoms with Crippen LogP contribution in [0.3, 0.4) is 0 Å². The first-order valence-corrected chi connectivity index (χ1v) is 7.45. The van der Waals surface area contributed by atoms with E-state index in [4.69, 9.17) is 4.43 Å². The molecule has 0 saturated carbocycles. The molecule has 0 aromatic carbocycles. The van der Waals surface area contributed by atoms with Gasteiger partial charge in [-0.2, -0.15) is 0 Å². The smallest absolute Gasteiger partial charge is 0.200 e. The molecule has 0 aromatic heterocycles. The van der Waals surface area contributed by atoms with Gasteiger partial charge in [-0.15, -0.1) is 0 Å². The molecule has 0 saturated heterocycles. The van der Waals surface area contributed by atoms with Gasteiger partial charge in [0.1, 0.15) is 0 Å². The average molecular weight is 175 g/mol. The molecule has 3 heteroatoms. The van der Waals surface area contributed by atoms with Gasteiger partial charge in [-0.1, -0.05) is 6.92 Å². The van der Waals surface area contributed by atoms with E-state index in [2.05, 4.69) is 32.3 Å². The predicted octanol–water partition coefficient (Wildman–Crippen LogP) is 1.77. The molecule has 0 bridgehead atoms. The molecular weight excluding hydrogens is 154 g/mol. The number of hydrogen-bond acceptors (Lipinski definition) is 2. The Morgan fingerprint density at radius 1 is 1.45 bits per heavy atom. The Balaban J connectivity index is 3.70. The second-order valence-corrected chi connectivity index (χ2v) is 7.74.